The number of aryl methyl sites for hydroxylation is 1. The molecule has 0 heterocycles. The molecule has 2 amide bonds. The smallest absolute Gasteiger partial charge is 0.251 e. The molecule has 0 bridgehead atoms. The summed E-state index contributed by atoms with van der Waals surface area (Å²) < 4.78 is 0. The molecule has 0 fully saturated rings. The van der Waals surface area contributed by atoms with Gasteiger partial charge in [0.1, 0.15) is 0 Å². The average Bonchev–Trinajstić information content (AvgIpc) is 2.81. The number of anilines is 1. The second-order valence-corrected chi connectivity index (χ2v) is 7.34. The summed E-state index contributed by atoms with van der Waals surface area (Å²) in [6.07, 6.45) is 0. The van der Waals surface area contributed by atoms with Crippen molar-refractivity contribution in [3.8, 4) is 0 Å². The van der Waals surface area contributed by atoms with Crippen LogP contribution in [0.4, 0.5) is 5.69 Å². The highest BCUT2D eigenvalue weighted by molar-refractivity contribution is 14.0. The van der Waals surface area contributed by atoms with E-state index >= 15 is 0 Å². The van der Waals surface area contributed by atoms with Gasteiger partial charge in [0.15, 0.2) is 5.96 Å². The van der Waals surface area contributed by atoms with Gasteiger partial charge in [-0.15, -0.1) is 24.0 Å². The predicted molar refractivity (Wildman–Crippen MR) is 143 cm³/mol. The van der Waals surface area contributed by atoms with Crippen LogP contribution in [0, 0.1) is 6.92 Å². The van der Waals surface area contributed by atoms with Gasteiger partial charge in [0.05, 0.1) is 13.1 Å². The minimum absolute atomic E-state index is 0. The van der Waals surface area contributed by atoms with Crippen LogP contribution in [0.1, 0.15) is 27.0 Å². The molecule has 3 aromatic carbocycles. The molecular formula is C25H28IN5O2. The van der Waals surface area contributed by atoms with Crippen molar-refractivity contribution in [1.29, 1.82) is 0 Å². The molecule has 0 aliphatic heterocycles. The summed E-state index contributed by atoms with van der Waals surface area (Å²) in [5, 5.41) is 9.15. The Kier molecular flexibility index (Phi) is 10.4. The third-order valence-electron chi connectivity index (χ3n) is 4.68. The molecule has 0 saturated carbocycles. The molecule has 0 radical (unpaired) electrons. The van der Waals surface area contributed by atoms with Gasteiger partial charge in [0.2, 0.25) is 5.91 Å². The van der Waals surface area contributed by atoms with Gasteiger partial charge in [-0.05, 0) is 42.3 Å². The van der Waals surface area contributed by atoms with Crippen LogP contribution in [0.25, 0.3) is 0 Å². The highest BCUT2D eigenvalue weighted by atomic mass is 127. The van der Waals surface area contributed by atoms with Crippen molar-refractivity contribution in [2.24, 2.45) is 10.7 Å². The van der Waals surface area contributed by atoms with Gasteiger partial charge in [0.25, 0.3) is 5.91 Å². The normalized spacial score (nSPS) is 10.6. The molecule has 0 atom stereocenters. The molecular weight excluding hydrogens is 529 g/mol. The summed E-state index contributed by atoms with van der Waals surface area (Å²) in [5.74, 6) is -0.272. The van der Waals surface area contributed by atoms with E-state index in [0.29, 0.717) is 24.6 Å². The fourth-order valence-corrected chi connectivity index (χ4v) is 2.89. The second-order valence-electron chi connectivity index (χ2n) is 7.34. The number of para-hydroxylation sites is 1. The van der Waals surface area contributed by atoms with Crippen molar-refractivity contribution in [2.45, 2.75) is 20.0 Å². The van der Waals surface area contributed by atoms with E-state index in [0.717, 1.165) is 16.8 Å². The molecule has 3 rings (SSSR count). The zero-order chi connectivity index (χ0) is 22.8. The summed E-state index contributed by atoms with van der Waals surface area (Å²) in [6, 6.07) is 25.2. The van der Waals surface area contributed by atoms with Crippen LogP contribution < -0.4 is 21.7 Å². The minimum Gasteiger partial charge on any atom is -0.368 e. The molecule has 7 nitrogen and oxygen atoms in total. The first-order valence-electron chi connectivity index (χ1n) is 10.3. The van der Waals surface area contributed by atoms with E-state index in [1.807, 2.05) is 42.5 Å². The zero-order valence-electron chi connectivity index (χ0n) is 18.4. The van der Waals surface area contributed by atoms with Crippen LogP contribution in [0.5, 0.6) is 0 Å². The van der Waals surface area contributed by atoms with Crippen molar-refractivity contribution < 1.29 is 9.59 Å². The van der Waals surface area contributed by atoms with Gasteiger partial charge in [-0.1, -0.05) is 60.2 Å². The summed E-state index contributed by atoms with van der Waals surface area (Å²) in [6.45, 7) is 2.94. The number of primary amides is 1. The Balaban J connectivity index is 0.00000385. The third kappa shape index (κ3) is 8.93. The topological polar surface area (TPSA) is 109 Å². The molecule has 8 heteroatoms. The number of aliphatic imine (C=N–C) groups is 1. The molecule has 3 aromatic rings. The second kappa shape index (κ2) is 13.2. The minimum atomic E-state index is -0.583. The van der Waals surface area contributed by atoms with E-state index in [4.69, 9.17) is 5.73 Å². The first-order valence-corrected chi connectivity index (χ1v) is 10.3. The quantitative estimate of drug-likeness (QED) is 0.193. The fraction of sp³-hybridized carbons (Fsp3) is 0.160. The zero-order valence-corrected chi connectivity index (χ0v) is 20.7. The summed E-state index contributed by atoms with van der Waals surface area (Å²) in [4.78, 5) is 27.5. The van der Waals surface area contributed by atoms with Crippen LogP contribution in [0.3, 0.4) is 0 Å². The van der Waals surface area contributed by atoms with Crippen LogP contribution in [0.2, 0.25) is 0 Å². The Morgan fingerprint density at radius 2 is 1.48 bits per heavy atom. The number of nitrogens with one attached hydrogen (secondary N) is 3. The van der Waals surface area contributed by atoms with Gasteiger partial charge < -0.3 is 21.7 Å². The lowest BCUT2D eigenvalue weighted by molar-refractivity contribution is -0.117. The molecule has 0 spiro atoms. The monoisotopic (exact) mass is 557 g/mol. The lowest BCUT2D eigenvalue weighted by Gasteiger charge is -2.13. The number of halogens is 1. The number of nitrogens with zero attached hydrogens (tertiary/aromatic N) is 1. The van der Waals surface area contributed by atoms with Crippen LogP contribution in [-0.4, -0.2) is 24.3 Å². The Morgan fingerprint density at radius 3 is 2.12 bits per heavy atom. The van der Waals surface area contributed by atoms with Gasteiger partial charge in [-0.2, -0.15) is 0 Å². The molecule has 0 aliphatic rings. The Labute approximate surface area is 210 Å². The van der Waals surface area contributed by atoms with Gasteiger partial charge in [-0.25, -0.2) is 4.99 Å². The number of guanidine groups is 1. The van der Waals surface area contributed by atoms with E-state index in [9.17, 15) is 9.59 Å². The largest absolute Gasteiger partial charge is 0.368 e. The summed E-state index contributed by atoms with van der Waals surface area (Å²) >= 11 is 0. The van der Waals surface area contributed by atoms with Gasteiger partial charge in [-0.3, -0.25) is 9.59 Å². The van der Waals surface area contributed by atoms with Gasteiger partial charge >= 0.3 is 0 Å². The maximum absolute atomic E-state index is 12.0. The Bertz CT molecular complexity index is 1070. The summed E-state index contributed by atoms with van der Waals surface area (Å²) in [5.41, 5.74) is 9.77. The number of hydrogen-bond donors (Lipinski definition) is 4. The highest BCUT2D eigenvalue weighted by Gasteiger charge is 2.06. The van der Waals surface area contributed by atoms with Crippen LogP contribution >= 0.6 is 24.0 Å². The van der Waals surface area contributed by atoms with Crippen molar-refractivity contribution in [1.82, 2.24) is 10.6 Å². The molecule has 172 valence electrons. The number of carbonyl (C=O) groups is 2. The van der Waals surface area contributed by atoms with E-state index in [2.05, 4.69) is 52.1 Å². The fourth-order valence-electron chi connectivity index (χ4n) is 2.89. The number of amides is 2. The number of rotatable bonds is 8. The Hall–Kier alpha value is -3.40. The van der Waals surface area contributed by atoms with Crippen LogP contribution in [0.15, 0.2) is 83.9 Å². The number of carbonyl (C=O) groups excluding carboxylic acids is 2. The predicted octanol–water partition coefficient (Wildman–Crippen LogP) is 3.59. The van der Waals surface area contributed by atoms with E-state index in [1.165, 1.54) is 5.56 Å². The number of hydrogen-bond acceptors (Lipinski definition) is 3. The van der Waals surface area contributed by atoms with E-state index < -0.39 is 5.91 Å². The SMILES string of the molecule is Cc1ccc(CNC(=NCc2ccc(C(=O)NCC(N)=O)cc2)Nc2ccccc2)cc1.I. The van der Waals surface area contributed by atoms with Crippen molar-refractivity contribution >= 4 is 47.4 Å². The lowest BCUT2D eigenvalue weighted by Crippen LogP contribution is -2.33. The Morgan fingerprint density at radius 1 is 0.848 bits per heavy atom. The molecule has 0 aliphatic carbocycles. The number of nitrogens with two attached hydrogens (primary N) is 1. The summed E-state index contributed by atoms with van der Waals surface area (Å²) in [7, 11) is 0. The van der Waals surface area contributed by atoms with Gasteiger partial charge in [0, 0.05) is 17.8 Å². The lowest BCUT2D eigenvalue weighted by atomic mass is 10.1. The van der Waals surface area contributed by atoms with E-state index in [-0.39, 0.29) is 36.4 Å². The molecule has 0 unspecified atom stereocenters. The molecule has 0 aromatic heterocycles. The van der Waals surface area contributed by atoms with Crippen LogP contribution in [-0.2, 0) is 17.9 Å². The maximum Gasteiger partial charge on any atom is 0.251 e. The molecule has 0 saturated heterocycles. The van der Waals surface area contributed by atoms with Crippen molar-refractivity contribution in [3.05, 3.63) is 101 Å². The maximum atomic E-state index is 12.0. The third-order valence-corrected chi connectivity index (χ3v) is 4.68. The average molecular weight is 557 g/mol. The highest BCUT2D eigenvalue weighted by Crippen LogP contribution is 2.09. The van der Waals surface area contributed by atoms with Crippen molar-refractivity contribution in [2.75, 3.05) is 11.9 Å². The molecule has 33 heavy (non-hydrogen) atoms. The molecule has 5 N–H and O–H groups in total. The first kappa shape index (κ1) is 25.9. The van der Waals surface area contributed by atoms with E-state index in [1.54, 1.807) is 12.1 Å². The number of benzene rings is 3. The first-order chi connectivity index (χ1) is 15.5. The standard InChI is InChI=1S/C25H27N5O2.HI/c1-18-7-9-19(10-8-18)15-28-25(30-22-5-3-2-4-6-22)29-16-20-11-13-21(14-12-20)24(32)27-17-23(26)31;/h2-14H,15-17H2,1H3,(H2,26,31)(H,27,32)(H2,28,29,30);1H. The van der Waals surface area contributed by atoms with Crippen molar-refractivity contribution in [3.63, 3.8) is 0 Å².